The van der Waals surface area contributed by atoms with Crippen molar-refractivity contribution in [3.63, 3.8) is 0 Å². The average molecular weight is 451 g/mol. The van der Waals surface area contributed by atoms with Crippen LogP contribution in [-0.4, -0.2) is 37.6 Å². The van der Waals surface area contributed by atoms with Gasteiger partial charge in [0.1, 0.15) is 5.75 Å². The number of para-hydroxylation sites is 2. The zero-order chi connectivity index (χ0) is 22.6. The summed E-state index contributed by atoms with van der Waals surface area (Å²) in [5.41, 5.74) is 2.45. The number of hydrogen-bond donors (Lipinski definition) is 0. The summed E-state index contributed by atoms with van der Waals surface area (Å²) in [7, 11) is -3.56. The van der Waals surface area contributed by atoms with E-state index in [1.165, 1.54) is 4.31 Å². The first-order valence-corrected chi connectivity index (χ1v) is 12.2. The van der Waals surface area contributed by atoms with Crippen LogP contribution in [-0.2, 0) is 27.9 Å². The fourth-order valence-electron chi connectivity index (χ4n) is 3.77. The molecule has 0 radical (unpaired) electrons. The van der Waals surface area contributed by atoms with Crippen LogP contribution in [0.3, 0.4) is 0 Å². The van der Waals surface area contributed by atoms with Crippen molar-refractivity contribution in [2.24, 2.45) is 0 Å². The fraction of sp³-hybridized carbons (Fsp3) is 0.240. The quantitative estimate of drug-likeness (QED) is 0.549. The third-order valence-corrected chi connectivity index (χ3v) is 7.20. The molecule has 7 heteroatoms. The van der Waals surface area contributed by atoms with E-state index in [1.807, 2.05) is 60.7 Å². The van der Waals surface area contributed by atoms with Crippen LogP contribution in [0.15, 0.2) is 84.9 Å². The predicted molar refractivity (Wildman–Crippen MR) is 125 cm³/mol. The lowest BCUT2D eigenvalue weighted by molar-refractivity contribution is -0.139. The number of carbonyl (C=O) groups is 1. The fourth-order valence-corrected chi connectivity index (χ4v) is 4.90. The number of amides is 1. The molecule has 1 unspecified atom stereocenters. The second-order valence-corrected chi connectivity index (χ2v) is 9.85. The van der Waals surface area contributed by atoms with Crippen molar-refractivity contribution in [3.8, 4) is 5.75 Å². The number of anilines is 1. The van der Waals surface area contributed by atoms with E-state index in [9.17, 15) is 13.2 Å². The highest BCUT2D eigenvalue weighted by Gasteiger charge is 2.37. The predicted octanol–water partition coefficient (Wildman–Crippen LogP) is 3.83. The Balaban J connectivity index is 1.65. The van der Waals surface area contributed by atoms with E-state index in [0.717, 1.165) is 11.1 Å². The van der Waals surface area contributed by atoms with Gasteiger partial charge >= 0.3 is 0 Å². The number of sulfonamides is 1. The summed E-state index contributed by atoms with van der Waals surface area (Å²) in [6.45, 7) is 2.35. The minimum absolute atomic E-state index is 0.0495. The highest BCUT2D eigenvalue weighted by Crippen LogP contribution is 2.35. The molecule has 3 aromatic carbocycles. The molecule has 6 nitrogen and oxygen atoms in total. The Kier molecular flexibility index (Phi) is 6.46. The van der Waals surface area contributed by atoms with Gasteiger partial charge in [0, 0.05) is 13.1 Å². The summed E-state index contributed by atoms with van der Waals surface area (Å²) in [5, 5.41) is 0. The Morgan fingerprint density at radius 2 is 1.44 bits per heavy atom. The summed E-state index contributed by atoms with van der Waals surface area (Å²) in [6.07, 6.45) is -0.932. The number of carbonyl (C=O) groups excluding carboxylic acids is 1. The molecule has 1 atom stereocenters. The minimum atomic E-state index is -3.56. The molecule has 166 valence electrons. The van der Waals surface area contributed by atoms with Crippen LogP contribution in [0.2, 0.25) is 0 Å². The zero-order valence-corrected chi connectivity index (χ0v) is 18.7. The smallest absolute Gasteiger partial charge is 0.266 e. The standard InChI is InChI=1S/C25H26N2O4S/c1-2-32(29,30)27-19-24(31-23-16-10-9-15-22(23)27)25(28)26(17-20-11-5-3-6-12-20)18-21-13-7-4-8-14-21/h3-16,24H,2,17-19H2,1H3. The summed E-state index contributed by atoms with van der Waals surface area (Å²) in [6, 6.07) is 26.4. The molecule has 1 aliphatic heterocycles. The molecule has 0 bridgehead atoms. The average Bonchev–Trinajstić information content (AvgIpc) is 2.83. The molecule has 0 fully saturated rings. The van der Waals surface area contributed by atoms with E-state index in [2.05, 4.69) is 0 Å². The molecule has 32 heavy (non-hydrogen) atoms. The second-order valence-electron chi connectivity index (χ2n) is 7.67. The Morgan fingerprint density at radius 3 is 2.00 bits per heavy atom. The first-order valence-electron chi connectivity index (χ1n) is 10.6. The third kappa shape index (κ3) is 4.78. The maximum Gasteiger partial charge on any atom is 0.266 e. The van der Waals surface area contributed by atoms with Crippen molar-refractivity contribution in [1.82, 2.24) is 4.90 Å². The normalized spacial score (nSPS) is 15.5. The molecule has 1 aliphatic rings. The van der Waals surface area contributed by atoms with Gasteiger partial charge in [0.2, 0.25) is 10.0 Å². The van der Waals surface area contributed by atoms with E-state index in [1.54, 1.807) is 36.1 Å². The van der Waals surface area contributed by atoms with E-state index in [0.29, 0.717) is 24.5 Å². The first-order chi connectivity index (χ1) is 15.5. The van der Waals surface area contributed by atoms with E-state index >= 15 is 0 Å². The number of rotatable bonds is 7. The third-order valence-electron chi connectivity index (χ3n) is 5.46. The monoisotopic (exact) mass is 450 g/mol. The topological polar surface area (TPSA) is 66.9 Å². The minimum Gasteiger partial charge on any atom is -0.476 e. The van der Waals surface area contributed by atoms with Crippen LogP contribution in [0.1, 0.15) is 18.1 Å². The Labute approximate surface area is 189 Å². The highest BCUT2D eigenvalue weighted by atomic mass is 32.2. The molecule has 0 saturated heterocycles. The van der Waals surface area contributed by atoms with Crippen molar-refractivity contribution in [3.05, 3.63) is 96.1 Å². The molecule has 4 rings (SSSR count). The van der Waals surface area contributed by atoms with E-state index in [-0.39, 0.29) is 18.2 Å². The molecule has 0 N–H and O–H groups in total. The van der Waals surface area contributed by atoms with Gasteiger partial charge in [0.05, 0.1) is 18.0 Å². The lowest BCUT2D eigenvalue weighted by Crippen LogP contribution is -2.51. The van der Waals surface area contributed by atoms with Crippen molar-refractivity contribution in [2.75, 3.05) is 16.6 Å². The van der Waals surface area contributed by atoms with Gasteiger partial charge in [-0.2, -0.15) is 0 Å². The highest BCUT2D eigenvalue weighted by molar-refractivity contribution is 7.92. The second kappa shape index (κ2) is 9.44. The van der Waals surface area contributed by atoms with Crippen LogP contribution in [0.4, 0.5) is 5.69 Å². The summed E-state index contributed by atoms with van der Waals surface area (Å²) in [4.78, 5) is 15.4. The van der Waals surface area contributed by atoms with Gasteiger partial charge in [-0.25, -0.2) is 8.42 Å². The van der Waals surface area contributed by atoms with Crippen LogP contribution >= 0.6 is 0 Å². The summed E-state index contributed by atoms with van der Waals surface area (Å²) >= 11 is 0. The molecule has 0 spiro atoms. The van der Waals surface area contributed by atoms with Gasteiger partial charge in [-0.1, -0.05) is 72.8 Å². The van der Waals surface area contributed by atoms with Crippen molar-refractivity contribution in [1.29, 1.82) is 0 Å². The van der Waals surface area contributed by atoms with E-state index in [4.69, 9.17) is 4.74 Å². The Morgan fingerprint density at radius 1 is 0.906 bits per heavy atom. The molecular formula is C25H26N2O4S. The van der Waals surface area contributed by atoms with Gasteiger partial charge in [0.25, 0.3) is 5.91 Å². The van der Waals surface area contributed by atoms with Gasteiger partial charge in [0.15, 0.2) is 6.10 Å². The molecule has 0 saturated carbocycles. The van der Waals surface area contributed by atoms with Crippen molar-refractivity contribution >= 4 is 21.6 Å². The summed E-state index contributed by atoms with van der Waals surface area (Å²) < 4.78 is 32.9. The Hall–Kier alpha value is -3.32. The molecular weight excluding hydrogens is 424 g/mol. The lowest BCUT2D eigenvalue weighted by Gasteiger charge is -2.36. The number of fused-ring (bicyclic) bond motifs is 1. The number of nitrogens with zero attached hydrogens (tertiary/aromatic N) is 2. The summed E-state index contributed by atoms with van der Waals surface area (Å²) in [5.74, 6) is 0.0944. The maximum atomic E-state index is 13.7. The van der Waals surface area contributed by atoms with Crippen LogP contribution < -0.4 is 9.04 Å². The first kappa shape index (κ1) is 21.9. The molecule has 1 amide bonds. The molecule has 0 aliphatic carbocycles. The largest absolute Gasteiger partial charge is 0.476 e. The van der Waals surface area contributed by atoms with Crippen LogP contribution in [0.25, 0.3) is 0 Å². The van der Waals surface area contributed by atoms with Crippen molar-refractivity contribution in [2.45, 2.75) is 26.1 Å². The van der Waals surface area contributed by atoms with Gasteiger partial charge < -0.3 is 9.64 Å². The number of benzene rings is 3. The van der Waals surface area contributed by atoms with Gasteiger partial charge in [-0.15, -0.1) is 0 Å². The number of ether oxygens (including phenoxy) is 1. The molecule has 3 aromatic rings. The van der Waals surface area contributed by atoms with Crippen LogP contribution in [0.5, 0.6) is 5.75 Å². The zero-order valence-electron chi connectivity index (χ0n) is 17.9. The number of hydrogen-bond acceptors (Lipinski definition) is 4. The SMILES string of the molecule is CCS(=O)(=O)N1CC(C(=O)N(Cc2ccccc2)Cc2ccccc2)Oc2ccccc21. The maximum absolute atomic E-state index is 13.7. The Bertz CT molecular complexity index is 1130. The van der Waals surface area contributed by atoms with Crippen molar-refractivity contribution < 1.29 is 17.9 Å². The van der Waals surface area contributed by atoms with E-state index < -0.39 is 16.1 Å². The van der Waals surface area contributed by atoms with Crippen LogP contribution in [0, 0.1) is 0 Å². The van der Waals surface area contributed by atoms with Gasteiger partial charge in [-0.3, -0.25) is 9.10 Å². The molecule has 0 aromatic heterocycles. The lowest BCUT2D eigenvalue weighted by atomic mass is 10.1. The molecule has 1 heterocycles. The van der Waals surface area contributed by atoms with Gasteiger partial charge in [-0.05, 0) is 30.2 Å².